The standard InChI is InChI=1S/C30H37N3O5S/c1-5-18-31-30(35)27(20-24-12-8-6-9-13-24)32(21-25-14-10-7-11-15-25)29(34)22-33(39(4,36)37)26-19-23(2)16-17-28(26)38-3/h6-17,19,27H,5,18,20-22H2,1-4H3,(H,31,35). The first-order chi connectivity index (χ1) is 18.6. The van der Waals surface area contributed by atoms with E-state index in [4.69, 9.17) is 4.74 Å². The molecule has 0 spiro atoms. The van der Waals surface area contributed by atoms with Crippen LogP contribution in [0.4, 0.5) is 5.69 Å². The van der Waals surface area contributed by atoms with E-state index in [2.05, 4.69) is 5.32 Å². The minimum Gasteiger partial charge on any atom is -0.495 e. The lowest BCUT2D eigenvalue weighted by molar-refractivity contribution is -0.140. The second-order valence-corrected chi connectivity index (χ2v) is 11.4. The van der Waals surface area contributed by atoms with Crippen molar-refractivity contribution in [1.82, 2.24) is 10.2 Å². The molecule has 0 fully saturated rings. The molecule has 208 valence electrons. The van der Waals surface area contributed by atoms with E-state index in [1.54, 1.807) is 18.2 Å². The van der Waals surface area contributed by atoms with Gasteiger partial charge in [0.2, 0.25) is 21.8 Å². The van der Waals surface area contributed by atoms with Crippen molar-refractivity contribution in [2.24, 2.45) is 0 Å². The molecular formula is C30H37N3O5S. The van der Waals surface area contributed by atoms with E-state index in [1.807, 2.05) is 74.5 Å². The highest BCUT2D eigenvalue weighted by Crippen LogP contribution is 2.31. The number of carbonyl (C=O) groups is 2. The van der Waals surface area contributed by atoms with Gasteiger partial charge in [-0.2, -0.15) is 0 Å². The minimum absolute atomic E-state index is 0.138. The van der Waals surface area contributed by atoms with Crippen LogP contribution in [0, 0.1) is 6.92 Å². The quantitative estimate of drug-likeness (QED) is 0.347. The van der Waals surface area contributed by atoms with Crippen LogP contribution in [-0.2, 0) is 32.6 Å². The summed E-state index contributed by atoms with van der Waals surface area (Å²) in [4.78, 5) is 29.0. The third-order valence-corrected chi connectivity index (χ3v) is 7.42. The summed E-state index contributed by atoms with van der Waals surface area (Å²) in [7, 11) is -2.43. The Hall–Kier alpha value is -3.85. The molecule has 0 saturated heterocycles. The van der Waals surface area contributed by atoms with Gasteiger partial charge >= 0.3 is 0 Å². The normalized spacial score (nSPS) is 11.9. The highest BCUT2D eigenvalue weighted by Gasteiger charge is 2.33. The monoisotopic (exact) mass is 551 g/mol. The van der Waals surface area contributed by atoms with Crippen molar-refractivity contribution in [2.45, 2.75) is 39.3 Å². The van der Waals surface area contributed by atoms with Crippen LogP contribution < -0.4 is 14.4 Å². The summed E-state index contributed by atoms with van der Waals surface area (Å²) in [6.45, 7) is 3.91. The molecule has 1 atom stereocenters. The molecule has 1 N–H and O–H groups in total. The first-order valence-corrected chi connectivity index (χ1v) is 14.8. The van der Waals surface area contributed by atoms with Gasteiger partial charge in [0.1, 0.15) is 18.3 Å². The predicted molar refractivity (Wildman–Crippen MR) is 154 cm³/mol. The van der Waals surface area contributed by atoms with Crippen LogP contribution in [0.15, 0.2) is 78.9 Å². The molecule has 39 heavy (non-hydrogen) atoms. The van der Waals surface area contributed by atoms with Gasteiger partial charge in [-0.3, -0.25) is 13.9 Å². The van der Waals surface area contributed by atoms with Crippen molar-refractivity contribution >= 4 is 27.5 Å². The van der Waals surface area contributed by atoms with Crippen molar-refractivity contribution in [3.63, 3.8) is 0 Å². The molecule has 0 aliphatic carbocycles. The van der Waals surface area contributed by atoms with Crippen LogP contribution >= 0.6 is 0 Å². The van der Waals surface area contributed by atoms with Crippen molar-refractivity contribution in [2.75, 3.05) is 30.8 Å². The Balaban J connectivity index is 2.06. The smallest absolute Gasteiger partial charge is 0.244 e. The van der Waals surface area contributed by atoms with E-state index < -0.39 is 28.5 Å². The summed E-state index contributed by atoms with van der Waals surface area (Å²) in [5.74, 6) is -0.459. The summed E-state index contributed by atoms with van der Waals surface area (Å²) in [5.41, 5.74) is 2.79. The molecule has 0 radical (unpaired) electrons. The van der Waals surface area contributed by atoms with Crippen LogP contribution in [0.3, 0.4) is 0 Å². The van der Waals surface area contributed by atoms with Gasteiger partial charge in [0.25, 0.3) is 0 Å². The van der Waals surface area contributed by atoms with Gasteiger partial charge in [-0.1, -0.05) is 73.7 Å². The van der Waals surface area contributed by atoms with Gasteiger partial charge in [0.15, 0.2) is 0 Å². The molecule has 3 rings (SSSR count). The van der Waals surface area contributed by atoms with E-state index in [0.29, 0.717) is 12.3 Å². The molecule has 3 aromatic carbocycles. The van der Waals surface area contributed by atoms with Gasteiger partial charge in [0.05, 0.1) is 19.1 Å². The first-order valence-electron chi connectivity index (χ1n) is 12.9. The van der Waals surface area contributed by atoms with Crippen molar-refractivity contribution in [3.05, 3.63) is 95.6 Å². The van der Waals surface area contributed by atoms with E-state index in [-0.39, 0.29) is 24.6 Å². The molecule has 3 aromatic rings. The van der Waals surface area contributed by atoms with Gasteiger partial charge in [-0.25, -0.2) is 8.42 Å². The number of hydrogen-bond donors (Lipinski definition) is 1. The fourth-order valence-electron chi connectivity index (χ4n) is 4.29. The third-order valence-electron chi connectivity index (χ3n) is 6.30. The van der Waals surface area contributed by atoms with Crippen molar-refractivity contribution in [1.29, 1.82) is 0 Å². The number of methoxy groups -OCH3 is 1. The number of anilines is 1. The molecule has 0 heterocycles. The molecule has 0 bridgehead atoms. The molecule has 8 nitrogen and oxygen atoms in total. The second kappa shape index (κ2) is 13.8. The molecular weight excluding hydrogens is 514 g/mol. The van der Waals surface area contributed by atoms with Gasteiger partial charge in [0, 0.05) is 19.5 Å². The Bertz CT molecular complexity index is 1350. The number of hydrogen-bond acceptors (Lipinski definition) is 5. The van der Waals surface area contributed by atoms with Gasteiger partial charge in [-0.05, 0) is 42.2 Å². The highest BCUT2D eigenvalue weighted by atomic mass is 32.2. The Morgan fingerprint density at radius 3 is 2.13 bits per heavy atom. The SMILES string of the molecule is CCCNC(=O)C(Cc1ccccc1)N(Cc1ccccc1)C(=O)CN(c1cc(C)ccc1OC)S(C)(=O)=O. The third kappa shape index (κ3) is 8.32. The maximum Gasteiger partial charge on any atom is 0.244 e. The zero-order valence-electron chi connectivity index (χ0n) is 23.0. The Morgan fingerprint density at radius 1 is 0.949 bits per heavy atom. The lowest BCUT2D eigenvalue weighted by atomic mass is 10.0. The number of nitrogens with one attached hydrogen (secondary N) is 1. The number of carbonyl (C=O) groups excluding carboxylic acids is 2. The van der Waals surface area contributed by atoms with E-state index >= 15 is 0 Å². The minimum atomic E-state index is -3.88. The van der Waals surface area contributed by atoms with E-state index in [0.717, 1.165) is 33.7 Å². The van der Waals surface area contributed by atoms with E-state index in [1.165, 1.54) is 12.0 Å². The fourth-order valence-corrected chi connectivity index (χ4v) is 5.13. The summed E-state index contributed by atoms with van der Waals surface area (Å²) in [6, 6.07) is 23.1. The predicted octanol–water partition coefficient (Wildman–Crippen LogP) is 3.94. The molecule has 2 amide bonds. The highest BCUT2D eigenvalue weighted by molar-refractivity contribution is 7.92. The number of sulfonamides is 1. The van der Waals surface area contributed by atoms with Crippen LogP contribution in [-0.4, -0.2) is 57.6 Å². The lowest BCUT2D eigenvalue weighted by Crippen LogP contribution is -2.53. The maximum atomic E-state index is 14.1. The molecule has 9 heteroatoms. The van der Waals surface area contributed by atoms with Crippen LogP contribution in [0.5, 0.6) is 5.75 Å². The van der Waals surface area contributed by atoms with Gasteiger partial charge in [-0.15, -0.1) is 0 Å². The first kappa shape index (κ1) is 29.7. The number of nitrogens with zero attached hydrogens (tertiary/aromatic N) is 2. The Labute approximate surface area is 231 Å². The summed E-state index contributed by atoms with van der Waals surface area (Å²) in [5, 5.41) is 2.93. The number of amides is 2. The number of rotatable bonds is 13. The molecule has 0 saturated carbocycles. The second-order valence-electron chi connectivity index (χ2n) is 9.45. The van der Waals surface area contributed by atoms with Crippen LogP contribution in [0.25, 0.3) is 0 Å². The Kier molecular flexibility index (Phi) is 10.5. The average molecular weight is 552 g/mol. The fraction of sp³-hybridized carbons (Fsp3) is 0.333. The van der Waals surface area contributed by atoms with Crippen LogP contribution in [0.2, 0.25) is 0 Å². The molecule has 0 aliphatic rings. The van der Waals surface area contributed by atoms with Crippen LogP contribution in [0.1, 0.15) is 30.0 Å². The largest absolute Gasteiger partial charge is 0.495 e. The number of ether oxygens (including phenoxy) is 1. The summed E-state index contributed by atoms with van der Waals surface area (Å²) in [6.07, 6.45) is 2.08. The molecule has 0 aromatic heterocycles. The molecule has 0 aliphatic heterocycles. The van der Waals surface area contributed by atoms with Crippen molar-refractivity contribution in [3.8, 4) is 5.75 Å². The number of aryl methyl sites for hydroxylation is 1. The number of benzene rings is 3. The van der Waals surface area contributed by atoms with E-state index in [9.17, 15) is 18.0 Å². The zero-order chi connectivity index (χ0) is 28.4. The Morgan fingerprint density at radius 2 is 1.56 bits per heavy atom. The lowest BCUT2D eigenvalue weighted by Gasteiger charge is -2.33. The zero-order valence-corrected chi connectivity index (χ0v) is 23.8. The topological polar surface area (TPSA) is 96.0 Å². The maximum absolute atomic E-state index is 14.1. The average Bonchev–Trinajstić information content (AvgIpc) is 2.92. The molecule has 1 unspecified atom stereocenters. The summed E-state index contributed by atoms with van der Waals surface area (Å²) < 4.78 is 32.4. The summed E-state index contributed by atoms with van der Waals surface area (Å²) >= 11 is 0. The van der Waals surface area contributed by atoms with Crippen molar-refractivity contribution < 1.29 is 22.7 Å². The van der Waals surface area contributed by atoms with Gasteiger partial charge < -0.3 is 15.0 Å².